The second kappa shape index (κ2) is 10.8. The molecule has 5 heteroatoms. The van der Waals surface area contributed by atoms with E-state index >= 15 is 0 Å². The summed E-state index contributed by atoms with van der Waals surface area (Å²) < 4.78 is 0. The molecule has 0 atom stereocenters. The number of amides is 2. The smallest absolute Gasteiger partial charge is 0.234 e. The van der Waals surface area contributed by atoms with Crippen molar-refractivity contribution in [3.05, 3.63) is 0 Å². The molecule has 2 fully saturated rings. The van der Waals surface area contributed by atoms with Gasteiger partial charge >= 0.3 is 0 Å². The minimum absolute atomic E-state index is 0.126. The molecular weight excluding hydrogens is 314 g/mol. The molecular formula is C20H37N3O2. The summed E-state index contributed by atoms with van der Waals surface area (Å²) >= 11 is 0. The average molecular weight is 352 g/mol. The first-order chi connectivity index (χ1) is 12.1. The number of rotatable bonds is 8. The minimum Gasteiger partial charge on any atom is -0.356 e. The maximum atomic E-state index is 12.2. The number of nitrogens with one attached hydrogen (secondary N) is 2. The second-order valence-corrected chi connectivity index (χ2v) is 8.07. The fraction of sp³-hybridized carbons (Fsp3) is 0.900. The van der Waals surface area contributed by atoms with Crippen molar-refractivity contribution < 1.29 is 9.59 Å². The highest BCUT2D eigenvalue weighted by molar-refractivity contribution is 5.79. The largest absolute Gasteiger partial charge is 0.356 e. The molecule has 0 spiro atoms. The maximum absolute atomic E-state index is 12.2. The minimum atomic E-state index is 0.126. The number of carbonyl (C=O) groups is 2. The molecule has 0 aromatic rings. The number of carbonyl (C=O) groups excluding carboxylic acids is 2. The van der Waals surface area contributed by atoms with E-state index in [0.717, 1.165) is 57.7 Å². The fourth-order valence-corrected chi connectivity index (χ4v) is 3.97. The molecule has 0 radical (unpaired) electrons. The summed E-state index contributed by atoms with van der Waals surface area (Å²) in [5, 5.41) is 6.26. The Morgan fingerprint density at radius 2 is 1.68 bits per heavy atom. The van der Waals surface area contributed by atoms with Gasteiger partial charge in [-0.05, 0) is 64.0 Å². The topological polar surface area (TPSA) is 61.4 Å². The summed E-state index contributed by atoms with van der Waals surface area (Å²) in [6.45, 7) is 7.45. The molecule has 1 aliphatic carbocycles. The molecule has 25 heavy (non-hydrogen) atoms. The zero-order chi connectivity index (χ0) is 18.1. The van der Waals surface area contributed by atoms with Crippen molar-refractivity contribution in [3.63, 3.8) is 0 Å². The number of hydrogen-bond donors (Lipinski definition) is 2. The Morgan fingerprint density at radius 3 is 2.32 bits per heavy atom. The van der Waals surface area contributed by atoms with E-state index in [1.54, 1.807) is 0 Å². The van der Waals surface area contributed by atoms with Gasteiger partial charge in [0.2, 0.25) is 11.8 Å². The molecule has 2 amide bonds. The molecule has 1 saturated heterocycles. The van der Waals surface area contributed by atoms with Crippen LogP contribution >= 0.6 is 0 Å². The Labute approximate surface area is 153 Å². The summed E-state index contributed by atoms with van der Waals surface area (Å²) in [6.07, 6.45) is 9.85. The Bertz CT molecular complexity index is 411. The third-order valence-electron chi connectivity index (χ3n) is 5.79. The van der Waals surface area contributed by atoms with Gasteiger partial charge in [0.25, 0.3) is 0 Å². The van der Waals surface area contributed by atoms with Crippen LogP contribution in [0, 0.1) is 11.8 Å². The van der Waals surface area contributed by atoms with Gasteiger partial charge in [0.05, 0.1) is 6.54 Å². The monoisotopic (exact) mass is 351 g/mol. The van der Waals surface area contributed by atoms with E-state index in [1.807, 2.05) is 0 Å². The Hall–Kier alpha value is -1.10. The van der Waals surface area contributed by atoms with Crippen LogP contribution in [0.15, 0.2) is 0 Å². The number of piperidine rings is 1. The predicted octanol–water partition coefficient (Wildman–Crippen LogP) is 2.70. The molecule has 0 bridgehead atoms. The lowest BCUT2D eigenvalue weighted by molar-refractivity contribution is -0.127. The van der Waals surface area contributed by atoms with Crippen LogP contribution in [0.25, 0.3) is 0 Å². The van der Waals surface area contributed by atoms with Gasteiger partial charge in [-0.15, -0.1) is 0 Å². The third kappa shape index (κ3) is 7.35. The molecule has 144 valence electrons. The first kappa shape index (κ1) is 20.2. The highest BCUT2D eigenvalue weighted by Crippen LogP contribution is 2.23. The molecule has 1 aliphatic heterocycles. The molecule has 0 aromatic carbocycles. The highest BCUT2D eigenvalue weighted by Gasteiger charge is 2.26. The van der Waals surface area contributed by atoms with Gasteiger partial charge in [0.15, 0.2) is 0 Å². The summed E-state index contributed by atoms with van der Waals surface area (Å²) in [5.41, 5.74) is 0. The molecule has 5 nitrogen and oxygen atoms in total. The SMILES string of the molecule is CCCCCNC(=O)C1CCN(CC(=O)NC2CCC(C)CC2)CC1. The highest BCUT2D eigenvalue weighted by atomic mass is 16.2. The van der Waals surface area contributed by atoms with E-state index in [0.29, 0.717) is 12.6 Å². The fourth-order valence-electron chi connectivity index (χ4n) is 3.97. The molecule has 1 saturated carbocycles. The van der Waals surface area contributed by atoms with Gasteiger partial charge in [-0.2, -0.15) is 0 Å². The number of likely N-dealkylation sites (tertiary alicyclic amines) is 1. The number of hydrogen-bond acceptors (Lipinski definition) is 3. The molecule has 2 rings (SSSR count). The first-order valence-electron chi connectivity index (χ1n) is 10.4. The lowest BCUT2D eigenvalue weighted by atomic mass is 9.87. The van der Waals surface area contributed by atoms with Crippen LogP contribution in [-0.4, -0.2) is 48.9 Å². The number of unbranched alkanes of at least 4 members (excludes halogenated alkanes) is 2. The van der Waals surface area contributed by atoms with E-state index < -0.39 is 0 Å². The predicted molar refractivity (Wildman–Crippen MR) is 101 cm³/mol. The van der Waals surface area contributed by atoms with E-state index in [9.17, 15) is 9.59 Å². The van der Waals surface area contributed by atoms with Gasteiger partial charge in [0.1, 0.15) is 0 Å². The second-order valence-electron chi connectivity index (χ2n) is 8.07. The van der Waals surface area contributed by atoms with Crippen LogP contribution in [0.3, 0.4) is 0 Å². The van der Waals surface area contributed by atoms with Crippen molar-refractivity contribution in [1.82, 2.24) is 15.5 Å². The Morgan fingerprint density at radius 1 is 1.00 bits per heavy atom. The van der Waals surface area contributed by atoms with Crippen molar-refractivity contribution in [1.29, 1.82) is 0 Å². The normalized spacial score (nSPS) is 25.5. The van der Waals surface area contributed by atoms with Gasteiger partial charge in [-0.1, -0.05) is 26.7 Å². The van der Waals surface area contributed by atoms with Gasteiger partial charge in [-0.25, -0.2) is 0 Å². The number of nitrogens with zero attached hydrogens (tertiary/aromatic N) is 1. The van der Waals surface area contributed by atoms with E-state index in [1.165, 1.54) is 25.7 Å². The average Bonchev–Trinajstić information content (AvgIpc) is 2.61. The van der Waals surface area contributed by atoms with E-state index in [4.69, 9.17) is 0 Å². The van der Waals surface area contributed by atoms with Crippen LogP contribution in [0.2, 0.25) is 0 Å². The van der Waals surface area contributed by atoms with Crippen LogP contribution in [0.1, 0.15) is 71.6 Å². The zero-order valence-electron chi connectivity index (χ0n) is 16.2. The van der Waals surface area contributed by atoms with Crippen molar-refractivity contribution in [2.45, 2.75) is 77.7 Å². The van der Waals surface area contributed by atoms with Crippen molar-refractivity contribution in [3.8, 4) is 0 Å². The Kier molecular flexibility index (Phi) is 8.73. The maximum Gasteiger partial charge on any atom is 0.234 e. The van der Waals surface area contributed by atoms with Crippen molar-refractivity contribution in [2.75, 3.05) is 26.2 Å². The first-order valence-corrected chi connectivity index (χ1v) is 10.4. The van der Waals surface area contributed by atoms with Crippen LogP contribution in [0.5, 0.6) is 0 Å². The van der Waals surface area contributed by atoms with Crippen molar-refractivity contribution in [2.24, 2.45) is 11.8 Å². The lowest BCUT2D eigenvalue weighted by Gasteiger charge is -2.32. The van der Waals surface area contributed by atoms with Crippen molar-refractivity contribution >= 4 is 11.8 Å². The molecule has 2 N–H and O–H groups in total. The molecule has 0 aromatic heterocycles. The van der Waals surface area contributed by atoms with Crippen LogP contribution in [0.4, 0.5) is 0 Å². The molecule has 2 aliphatic rings. The molecule has 1 heterocycles. The Balaban J connectivity index is 1.59. The van der Waals surface area contributed by atoms with E-state index in [-0.39, 0.29) is 17.7 Å². The van der Waals surface area contributed by atoms with Crippen LogP contribution in [-0.2, 0) is 9.59 Å². The lowest BCUT2D eigenvalue weighted by Crippen LogP contribution is -2.47. The van der Waals surface area contributed by atoms with E-state index in [2.05, 4.69) is 29.4 Å². The zero-order valence-corrected chi connectivity index (χ0v) is 16.2. The van der Waals surface area contributed by atoms with Gasteiger partial charge in [0, 0.05) is 18.5 Å². The van der Waals surface area contributed by atoms with Crippen LogP contribution < -0.4 is 10.6 Å². The summed E-state index contributed by atoms with van der Waals surface area (Å²) in [6, 6.07) is 0.370. The quantitative estimate of drug-likeness (QED) is 0.661. The standard InChI is InChI=1S/C20H37N3O2/c1-3-4-5-12-21-20(25)17-10-13-23(14-11-17)15-19(24)22-18-8-6-16(2)7-9-18/h16-18H,3-15H2,1-2H3,(H,21,25)(H,22,24). The molecule has 0 unspecified atom stereocenters. The summed E-state index contributed by atoms with van der Waals surface area (Å²) in [5.74, 6) is 1.29. The van der Waals surface area contributed by atoms with Gasteiger partial charge in [-0.3, -0.25) is 14.5 Å². The summed E-state index contributed by atoms with van der Waals surface area (Å²) in [4.78, 5) is 26.6. The van der Waals surface area contributed by atoms with Gasteiger partial charge < -0.3 is 10.6 Å². The summed E-state index contributed by atoms with van der Waals surface area (Å²) in [7, 11) is 0. The third-order valence-corrected chi connectivity index (χ3v) is 5.79.